The number of piperidine rings is 1. The third kappa shape index (κ3) is 4.69. The summed E-state index contributed by atoms with van der Waals surface area (Å²) in [5.41, 5.74) is 0.714. The Morgan fingerprint density at radius 1 is 1.19 bits per heavy atom. The molecule has 1 atom stereocenters. The molecule has 164 valence electrons. The molecular formula is C22H25ClN4O4. The van der Waals surface area contributed by atoms with Gasteiger partial charge in [0.05, 0.1) is 19.3 Å². The largest absolute Gasteiger partial charge is 0.495 e. The van der Waals surface area contributed by atoms with Crippen LogP contribution in [0.5, 0.6) is 11.5 Å². The normalized spacial score (nSPS) is 19.0. The average Bonchev–Trinajstić information content (AvgIpc) is 3.15. The van der Waals surface area contributed by atoms with Gasteiger partial charge in [0, 0.05) is 38.1 Å². The molecular weight excluding hydrogens is 420 g/mol. The first kappa shape index (κ1) is 21.2. The number of carbonyl (C=O) groups excluding carboxylic acids is 2. The van der Waals surface area contributed by atoms with Crippen LogP contribution in [0.15, 0.2) is 42.7 Å². The van der Waals surface area contributed by atoms with Crippen molar-refractivity contribution in [3.05, 3.63) is 47.7 Å². The first-order chi connectivity index (χ1) is 15.1. The van der Waals surface area contributed by atoms with Gasteiger partial charge in [0.25, 0.3) is 0 Å². The Morgan fingerprint density at radius 2 is 2.03 bits per heavy atom. The Balaban J connectivity index is 1.36. The molecule has 9 heteroatoms. The molecule has 2 fully saturated rings. The molecule has 1 aromatic carbocycles. The van der Waals surface area contributed by atoms with Crippen LogP contribution in [-0.2, 0) is 4.79 Å². The molecule has 0 aliphatic carbocycles. The first-order valence-electron chi connectivity index (χ1n) is 10.3. The van der Waals surface area contributed by atoms with Crippen LogP contribution in [0.2, 0.25) is 5.02 Å². The maximum Gasteiger partial charge on any atom is 0.325 e. The number of anilines is 1. The van der Waals surface area contributed by atoms with E-state index < -0.39 is 0 Å². The Labute approximate surface area is 186 Å². The smallest absolute Gasteiger partial charge is 0.325 e. The summed E-state index contributed by atoms with van der Waals surface area (Å²) in [7, 11) is 1.58. The number of urea groups is 1. The minimum absolute atomic E-state index is 0.0488. The van der Waals surface area contributed by atoms with Gasteiger partial charge in [-0.25, -0.2) is 4.79 Å². The monoisotopic (exact) mass is 444 g/mol. The molecule has 2 saturated heterocycles. The Kier molecular flexibility index (Phi) is 6.46. The standard InChI is InChI=1S/C22H25ClN4O4/c1-30-20-7-3-2-6-18(20)27-12-11-26(22(27)29)15-21(28)25-10-4-5-16(14-25)31-19-8-9-24-13-17(19)23/h2-3,6-9,13,16H,4-5,10-12,14-15H2,1H3. The van der Waals surface area contributed by atoms with E-state index in [4.69, 9.17) is 21.1 Å². The van der Waals surface area contributed by atoms with Crippen molar-refractivity contribution in [1.29, 1.82) is 0 Å². The van der Waals surface area contributed by atoms with Gasteiger partial charge in [0.1, 0.15) is 29.2 Å². The first-order valence-corrected chi connectivity index (χ1v) is 10.7. The van der Waals surface area contributed by atoms with Gasteiger partial charge in [-0.2, -0.15) is 0 Å². The maximum absolute atomic E-state index is 12.9. The Morgan fingerprint density at radius 3 is 2.84 bits per heavy atom. The van der Waals surface area contributed by atoms with E-state index in [0.717, 1.165) is 12.8 Å². The molecule has 2 aromatic rings. The van der Waals surface area contributed by atoms with Crippen LogP contribution in [-0.4, -0.2) is 72.7 Å². The molecule has 0 radical (unpaired) electrons. The van der Waals surface area contributed by atoms with E-state index in [9.17, 15) is 9.59 Å². The molecule has 1 aromatic heterocycles. The summed E-state index contributed by atoms with van der Waals surface area (Å²) in [6.07, 6.45) is 4.69. The van der Waals surface area contributed by atoms with E-state index in [-0.39, 0.29) is 24.6 Å². The number of para-hydroxylation sites is 2. The quantitative estimate of drug-likeness (QED) is 0.684. The number of methoxy groups -OCH3 is 1. The highest BCUT2D eigenvalue weighted by Gasteiger charge is 2.34. The zero-order valence-electron chi connectivity index (χ0n) is 17.4. The van der Waals surface area contributed by atoms with Gasteiger partial charge in [-0.05, 0) is 25.0 Å². The summed E-state index contributed by atoms with van der Waals surface area (Å²) >= 11 is 6.13. The Bertz CT molecular complexity index is 957. The number of aromatic nitrogens is 1. The minimum Gasteiger partial charge on any atom is -0.495 e. The highest BCUT2D eigenvalue weighted by molar-refractivity contribution is 6.31. The maximum atomic E-state index is 12.9. The van der Waals surface area contributed by atoms with Crippen LogP contribution >= 0.6 is 11.6 Å². The number of hydrogen-bond donors (Lipinski definition) is 0. The second-order valence-electron chi connectivity index (χ2n) is 7.56. The van der Waals surface area contributed by atoms with Crippen molar-refractivity contribution in [3.63, 3.8) is 0 Å². The molecule has 31 heavy (non-hydrogen) atoms. The molecule has 0 spiro atoms. The average molecular weight is 445 g/mol. The van der Waals surface area contributed by atoms with Crippen molar-refractivity contribution in [2.75, 3.05) is 44.7 Å². The van der Waals surface area contributed by atoms with Crippen LogP contribution in [0.4, 0.5) is 10.5 Å². The number of amides is 3. The molecule has 2 aliphatic rings. The summed E-state index contributed by atoms with van der Waals surface area (Å²) in [4.78, 5) is 34.8. The number of benzene rings is 1. The van der Waals surface area contributed by atoms with E-state index in [1.807, 2.05) is 24.3 Å². The summed E-state index contributed by atoms with van der Waals surface area (Å²) < 4.78 is 11.4. The summed E-state index contributed by atoms with van der Waals surface area (Å²) in [5.74, 6) is 1.12. The zero-order valence-corrected chi connectivity index (χ0v) is 18.1. The van der Waals surface area contributed by atoms with Gasteiger partial charge in [0.2, 0.25) is 5.91 Å². The third-order valence-corrected chi connectivity index (χ3v) is 5.84. The van der Waals surface area contributed by atoms with Crippen molar-refractivity contribution >= 4 is 29.2 Å². The highest BCUT2D eigenvalue weighted by Crippen LogP contribution is 2.30. The number of halogens is 1. The number of likely N-dealkylation sites (tertiary alicyclic amines) is 1. The van der Waals surface area contributed by atoms with E-state index in [0.29, 0.717) is 48.4 Å². The molecule has 8 nitrogen and oxygen atoms in total. The van der Waals surface area contributed by atoms with Gasteiger partial charge in [-0.15, -0.1) is 0 Å². The second-order valence-corrected chi connectivity index (χ2v) is 7.96. The van der Waals surface area contributed by atoms with Crippen molar-refractivity contribution in [2.45, 2.75) is 18.9 Å². The topological polar surface area (TPSA) is 75.2 Å². The van der Waals surface area contributed by atoms with E-state index in [2.05, 4.69) is 4.98 Å². The van der Waals surface area contributed by atoms with Crippen LogP contribution in [0.3, 0.4) is 0 Å². The molecule has 0 saturated carbocycles. The molecule has 0 bridgehead atoms. The van der Waals surface area contributed by atoms with Gasteiger partial charge in [-0.1, -0.05) is 23.7 Å². The lowest BCUT2D eigenvalue weighted by Gasteiger charge is -2.34. The number of nitrogens with zero attached hydrogens (tertiary/aromatic N) is 4. The minimum atomic E-state index is -0.189. The predicted molar refractivity (Wildman–Crippen MR) is 117 cm³/mol. The lowest BCUT2D eigenvalue weighted by Crippen LogP contribution is -2.48. The van der Waals surface area contributed by atoms with E-state index in [1.54, 1.807) is 34.1 Å². The second kappa shape index (κ2) is 9.43. The molecule has 3 heterocycles. The zero-order chi connectivity index (χ0) is 21.8. The van der Waals surface area contributed by atoms with Gasteiger partial charge in [-0.3, -0.25) is 14.7 Å². The third-order valence-electron chi connectivity index (χ3n) is 5.56. The lowest BCUT2D eigenvalue weighted by molar-refractivity contribution is -0.134. The van der Waals surface area contributed by atoms with E-state index in [1.165, 1.54) is 6.20 Å². The fraction of sp³-hybridized carbons (Fsp3) is 0.409. The fourth-order valence-corrected chi connectivity index (χ4v) is 4.13. The number of hydrogen-bond acceptors (Lipinski definition) is 5. The fourth-order valence-electron chi connectivity index (χ4n) is 3.97. The summed E-state index contributed by atoms with van der Waals surface area (Å²) in [6.45, 7) is 2.17. The summed E-state index contributed by atoms with van der Waals surface area (Å²) in [5, 5.41) is 0.449. The van der Waals surface area contributed by atoms with Crippen LogP contribution < -0.4 is 14.4 Å². The predicted octanol–water partition coefficient (Wildman–Crippen LogP) is 3.06. The summed E-state index contributed by atoms with van der Waals surface area (Å²) in [6, 6.07) is 8.92. The molecule has 1 unspecified atom stereocenters. The Hall–Kier alpha value is -3.00. The van der Waals surface area contributed by atoms with Crippen LogP contribution in [0.25, 0.3) is 0 Å². The number of rotatable bonds is 6. The van der Waals surface area contributed by atoms with Crippen molar-refractivity contribution < 1.29 is 19.1 Å². The number of ether oxygens (including phenoxy) is 2. The number of carbonyl (C=O) groups is 2. The SMILES string of the molecule is COc1ccccc1N1CCN(CC(=O)N2CCCC(Oc3ccncc3Cl)C2)C1=O. The molecule has 3 amide bonds. The van der Waals surface area contributed by atoms with Gasteiger partial charge < -0.3 is 19.3 Å². The highest BCUT2D eigenvalue weighted by atomic mass is 35.5. The van der Waals surface area contributed by atoms with Crippen molar-refractivity contribution in [1.82, 2.24) is 14.8 Å². The molecule has 4 rings (SSSR count). The van der Waals surface area contributed by atoms with Gasteiger partial charge in [0.15, 0.2) is 0 Å². The number of pyridine rings is 1. The lowest BCUT2D eigenvalue weighted by atomic mass is 10.1. The van der Waals surface area contributed by atoms with Crippen LogP contribution in [0.1, 0.15) is 12.8 Å². The van der Waals surface area contributed by atoms with Gasteiger partial charge >= 0.3 is 6.03 Å². The molecule has 2 aliphatic heterocycles. The molecule has 0 N–H and O–H groups in total. The van der Waals surface area contributed by atoms with Crippen molar-refractivity contribution in [3.8, 4) is 11.5 Å². The van der Waals surface area contributed by atoms with Crippen LogP contribution in [0, 0.1) is 0 Å². The van der Waals surface area contributed by atoms with E-state index >= 15 is 0 Å². The van der Waals surface area contributed by atoms with Crippen molar-refractivity contribution in [2.24, 2.45) is 0 Å².